The molecule has 1 atom stereocenters. The van der Waals surface area contributed by atoms with Crippen LogP contribution in [-0.4, -0.2) is 19.6 Å². The molecule has 0 aromatic heterocycles. The molecule has 3 heteroatoms. The Morgan fingerprint density at radius 2 is 1.88 bits per heavy atom. The molecular formula is C14H21ClO2. The van der Waals surface area contributed by atoms with Crippen LogP contribution in [0.2, 0.25) is 0 Å². The third-order valence-corrected chi connectivity index (χ3v) is 3.62. The molecule has 0 radical (unpaired) electrons. The Morgan fingerprint density at radius 3 is 2.41 bits per heavy atom. The Labute approximate surface area is 109 Å². The minimum Gasteiger partial charge on any atom is -0.497 e. The van der Waals surface area contributed by atoms with Crippen LogP contribution >= 0.6 is 11.6 Å². The van der Waals surface area contributed by atoms with E-state index in [0.29, 0.717) is 5.92 Å². The van der Waals surface area contributed by atoms with Crippen LogP contribution in [0.1, 0.15) is 25.8 Å². The summed E-state index contributed by atoms with van der Waals surface area (Å²) in [6, 6.07) is 5.86. The third-order valence-electron chi connectivity index (χ3n) is 2.90. The van der Waals surface area contributed by atoms with Gasteiger partial charge in [0.2, 0.25) is 0 Å². The van der Waals surface area contributed by atoms with E-state index >= 15 is 0 Å². The molecular weight excluding hydrogens is 236 g/mol. The summed E-state index contributed by atoms with van der Waals surface area (Å²) in [5.74, 6) is 2.25. The maximum absolute atomic E-state index is 6.26. The molecule has 0 aliphatic rings. The first-order valence-corrected chi connectivity index (χ1v) is 6.37. The van der Waals surface area contributed by atoms with Gasteiger partial charge in [0, 0.05) is 5.38 Å². The molecule has 1 aromatic carbocycles. The topological polar surface area (TPSA) is 18.5 Å². The summed E-state index contributed by atoms with van der Waals surface area (Å²) in [7, 11) is 3.36. The number of methoxy groups -OCH3 is 2. The van der Waals surface area contributed by atoms with Gasteiger partial charge in [-0.25, -0.2) is 0 Å². The summed E-state index contributed by atoms with van der Waals surface area (Å²) in [6.45, 7) is 4.28. The van der Waals surface area contributed by atoms with E-state index in [1.165, 1.54) is 0 Å². The summed E-state index contributed by atoms with van der Waals surface area (Å²) in [5, 5.41) is 0.200. The van der Waals surface area contributed by atoms with Crippen LogP contribution in [0.3, 0.4) is 0 Å². The number of rotatable bonds is 6. The van der Waals surface area contributed by atoms with Crippen LogP contribution in [0.5, 0.6) is 11.5 Å². The van der Waals surface area contributed by atoms with Gasteiger partial charge in [-0.2, -0.15) is 0 Å². The fourth-order valence-electron chi connectivity index (χ4n) is 1.70. The first-order valence-electron chi connectivity index (χ1n) is 5.93. The number of hydrogen-bond donors (Lipinski definition) is 0. The third kappa shape index (κ3) is 4.12. The Kier molecular flexibility index (Phi) is 5.63. The lowest BCUT2D eigenvalue weighted by Gasteiger charge is -2.15. The van der Waals surface area contributed by atoms with E-state index < -0.39 is 0 Å². The van der Waals surface area contributed by atoms with Crippen molar-refractivity contribution in [1.29, 1.82) is 0 Å². The molecule has 0 heterocycles. The number of hydrogen-bond acceptors (Lipinski definition) is 2. The average Bonchev–Trinajstić information content (AvgIpc) is 2.35. The van der Waals surface area contributed by atoms with Gasteiger partial charge in [0.25, 0.3) is 0 Å². The fraction of sp³-hybridized carbons (Fsp3) is 0.571. The van der Waals surface area contributed by atoms with Crippen molar-refractivity contribution in [2.45, 2.75) is 32.1 Å². The van der Waals surface area contributed by atoms with Gasteiger partial charge < -0.3 is 9.47 Å². The zero-order chi connectivity index (χ0) is 12.8. The van der Waals surface area contributed by atoms with E-state index in [1.54, 1.807) is 14.2 Å². The molecule has 1 aromatic rings. The predicted molar refractivity (Wildman–Crippen MR) is 72.3 cm³/mol. The molecule has 2 nitrogen and oxygen atoms in total. The second-order valence-corrected chi connectivity index (χ2v) is 5.04. The number of alkyl halides is 1. The molecule has 0 bridgehead atoms. The van der Waals surface area contributed by atoms with Crippen molar-refractivity contribution in [3.05, 3.63) is 23.8 Å². The lowest BCUT2D eigenvalue weighted by Crippen LogP contribution is -2.09. The molecule has 0 spiro atoms. The average molecular weight is 257 g/mol. The minimum absolute atomic E-state index is 0.200. The largest absolute Gasteiger partial charge is 0.497 e. The fourth-order valence-corrected chi connectivity index (χ4v) is 1.81. The van der Waals surface area contributed by atoms with Crippen molar-refractivity contribution in [1.82, 2.24) is 0 Å². The Balaban J connectivity index is 2.74. The molecule has 0 saturated carbocycles. The summed E-state index contributed by atoms with van der Waals surface area (Å²) in [5.41, 5.74) is 1.15. The highest BCUT2D eigenvalue weighted by Gasteiger charge is 2.12. The van der Waals surface area contributed by atoms with Gasteiger partial charge in [-0.15, -0.1) is 11.6 Å². The molecule has 0 aliphatic heterocycles. The molecule has 96 valence electrons. The van der Waals surface area contributed by atoms with Crippen molar-refractivity contribution < 1.29 is 9.47 Å². The lowest BCUT2D eigenvalue weighted by molar-refractivity contribution is 0.397. The van der Waals surface area contributed by atoms with E-state index in [4.69, 9.17) is 21.1 Å². The Bertz CT molecular complexity index is 350. The first kappa shape index (κ1) is 14.2. The predicted octanol–water partition coefficient (Wildman–Crippen LogP) is 3.90. The Hall–Kier alpha value is -0.890. The lowest BCUT2D eigenvalue weighted by atomic mass is 10.0. The highest BCUT2D eigenvalue weighted by molar-refractivity contribution is 6.20. The Morgan fingerprint density at radius 1 is 1.18 bits per heavy atom. The summed E-state index contributed by atoms with van der Waals surface area (Å²) in [6.07, 6.45) is 1.86. The van der Waals surface area contributed by atoms with Gasteiger partial charge in [0.1, 0.15) is 11.5 Å². The molecule has 1 unspecified atom stereocenters. The van der Waals surface area contributed by atoms with Crippen molar-refractivity contribution in [2.75, 3.05) is 14.2 Å². The van der Waals surface area contributed by atoms with Crippen molar-refractivity contribution >= 4 is 11.6 Å². The SMILES string of the molecule is COc1ccc(OC)c(CCC(Cl)C(C)C)c1. The van der Waals surface area contributed by atoms with Crippen LogP contribution in [-0.2, 0) is 6.42 Å². The first-order chi connectivity index (χ1) is 8.08. The van der Waals surface area contributed by atoms with Crippen LogP contribution in [0.25, 0.3) is 0 Å². The summed E-state index contributed by atoms with van der Waals surface area (Å²) in [4.78, 5) is 0. The zero-order valence-corrected chi connectivity index (χ0v) is 11.8. The van der Waals surface area contributed by atoms with Crippen molar-refractivity contribution in [2.24, 2.45) is 5.92 Å². The maximum atomic E-state index is 6.26. The second-order valence-electron chi connectivity index (χ2n) is 4.48. The maximum Gasteiger partial charge on any atom is 0.122 e. The van der Waals surface area contributed by atoms with Crippen molar-refractivity contribution in [3.63, 3.8) is 0 Å². The van der Waals surface area contributed by atoms with E-state index in [-0.39, 0.29) is 5.38 Å². The highest BCUT2D eigenvalue weighted by Crippen LogP contribution is 2.27. The molecule has 0 fully saturated rings. The number of ether oxygens (including phenoxy) is 2. The number of benzene rings is 1. The normalized spacial score (nSPS) is 12.6. The number of halogens is 1. The van der Waals surface area contributed by atoms with E-state index in [9.17, 15) is 0 Å². The van der Waals surface area contributed by atoms with Crippen LogP contribution in [0, 0.1) is 5.92 Å². The highest BCUT2D eigenvalue weighted by atomic mass is 35.5. The molecule has 0 N–H and O–H groups in total. The summed E-state index contributed by atoms with van der Waals surface area (Å²) >= 11 is 6.26. The van der Waals surface area contributed by atoms with E-state index in [2.05, 4.69) is 13.8 Å². The zero-order valence-electron chi connectivity index (χ0n) is 11.0. The smallest absolute Gasteiger partial charge is 0.122 e. The molecule has 17 heavy (non-hydrogen) atoms. The van der Waals surface area contributed by atoms with Gasteiger partial charge >= 0.3 is 0 Å². The standard InChI is InChI=1S/C14H21ClO2/c1-10(2)13(15)7-5-11-9-12(16-3)6-8-14(11)17-4/h6,8-10,13H,5,7H2,1-4H3. The molecule has 0 saturated heterocycles. The van der Waals surface area contributed by atoms with Crippen molar-refractivity contribution in [3.8, 4) is 11.5 Å². The van der Waals surface area contributed by atoms with Crippen LogP contribution in [0.15, 0.2) is 18.2 Å². The van der Waals surface area contributed by atoms with Gasteiger partial charge in [-0.1, -0.05) is 13.8 Å². The quantitative estimate of drug-likeness (QED) is 0.719. The summed E-state index contributed by atoms with van der Waals surface area (Å²) < 4.78 is 10.6. The minimum atomic E-state index is 0.200. The van der Waals surface area contributed by atoms with Crippen LogP contribution in [0.4, 0.5) is 0 Å². The number of aryl methyl sites for hydroxylation is 1. The van der Waals surface area contributed by atoms with Gasteiger partial charge in [0.05, 0.1) is 14.2 Å². The monoisotopic (exact) mass is 256 g/mol. The van der Waals surface area contributed by atoms with E-state index in [0.717, 1.165) is 29.9 Å². The van der Waals surface area contributed by atoms with Gasteiger partial charge in [-0.05, 0) is 42.5 Å². The molecule has 0 amide bonds. The van der Waals surface area contributed by atoms with Gasteiger partial charge in [-0.3, -0.25) is 0 Å². The van der Waals surface area contributed by atoms with Crippen LogP contribution < -0.4 is 9.47 Å². The molecule has 0 aliphatic carbocycles. The van der Waals surface area contributed by atoms with E-state index in [1.807, 2.05) is 18.2 Å². The second kappa shape index (κ2) is 6.75. The van der Waals surface area contributed by atoms with Gasteiger partial charge in [0.15, 0.2) is 0 Å². The molecule has 1 rings (SSSR count).